The van der Waals surface area contributed by atoms with Crippen molar-refractivity contribution in [3.05, 3.63) is 16.5 Å². The summed E-state index contributed by atoms with van der Waals surface area (Å²) >= 11 is 1.40. The average Bonchev–Trinajstić information content (AvgIpc) is 2.81. The Kier molecular flexibility index (Phi) is 5.00. The number of piperidine rings is 1. The molecule has 2 N–H and O–H groups in total. The number of hydrogen-bond acceptors (Lipinski definition) is 5. The van der Waals surface area contributed by atoms with Crippen LogP contribution in [0.3, 0.4) is 0 Å². The first-order valence-corrected chi connectivity index (χ1v) is 8.12. The van der Waals surface area contributed by atoms with Crippen LogP contribution in [-0.2, 0) is 9.53 Å². The number of carbonyl (C=O) groups excluding carboxylic acids is 2. The predicted molar refractivity (Wildman–Crippen MR) is 83.9 cm³/mol. The molecule has 2 heterocycles. The number of thiophene rings is 1. The molecule has 1 aromatic rings. The van der Waals surface area contributed by atoms with Gasteiger partial charge in [-0.15, -0.1) is 11.3 Å². The smallest absolute Gasteiger partial charge is 0.341 e. The van der Waals surface area contributed by atoms with E-state index >= 15 is 0 Å². The van der Waals surface area contributed by atoms with Crippen molar-refractivity contribution in [1.29, 1.82) is 0 Å². The first-order chi connectivity index (χ1) is 9.96. The zero-order valence-corrected chi connectivity index (χ0v) is 13.6. The molecule has 1 aromatic heterocycles. The first kappa shape index (κ1) is 16.0. The molecule has 1 unspecified atom stereocenters. The van der Waals surface area contributed by atoms with Crippen LogP contribution in [0.25, 0.3) is 0 Å². The zero-order valence-electron chi connectivity index (χ0n) is 12.7. The number of hydrogen-bond donors (Lipinski definition) is 2. The minimum atomic E-state index is -0.567. The molecule has 0 radical (unpaired) electrons. The third-order valence-electron chi connectivity index (χ3n) is 3.70. The molecular formula is C15H22N2O3S. The quantitative estimate of drug-likeness (QED) is 0.839. The molecule has 1 aliphatic rings. The van der Waals surface area contributed by atoms with Crippen molar-refractivity contribution in [3.63, 3.8) is 0 Å². The minimum Gasteiger partial charge on any atom is -0.462 e. The summed E-state index contributed by atoms with van der Waals surface area (Å²) in [6.07, 6.45) is 2.93. The lowest BCUT2D eigenvalue weighted by molar-refractivity contribution is -0.122. The van der Waals surface area contributed by atoms with Gasteiger partial charge in [-0.05, 0) is 52.6 Å². The summed E-state index contributed by atoms with van der Waals surface area (Å²) in [6.45, 7) is 6.75. The summed E-state index contributed by atoms with van der Waals surface area (Å²) in [5.74, 6) is -0.478. The van der Waals surface area contributed by atoms with Gasteiger partial charge in [0.25, 0.3) is 0 Å². The minimum absolute atomic E-state index is 0.0883. The van der Waals surface area contributed by atoms with Crippen molar-refractivity contribution in [1.82, 2.24) is 5.32 Å². The monoisotopic (exact) mass is 310 g/mol. The number of esters is 1. The molecule has 2 rings (SSSR count). The van der Waals surface area contributed by atoms with Crippen molar-refractivity contribution < 1.29 is 14.3 Å². The highest BCUT2D eigenvalue weighted by Gasteiger charge is 2.35. The molecule has 0 spiro atoms. The van der Waals surface area contributed by atoms with Crippen LogP contribution in [0.5, 0.6) is 0 Å². The van der Waals surface area contributed by atoms with E-state index in [9.17, 15) is 9.59 Å². The molecule has 0 saturated carbocycles. The van der Waals surface area contributed by atoms with Gasteiger partial charge >= 0.3 is 5.97 Å². The van der Waals surface area contributed by atoms with Crippen LogP contribution < -0.4 is 10.6 Å². The van der Waals surface area contributed by atoms with Gasteiger partial charge < -0.3 is 15.4 Å². The highest BCUT2D eigenvalue weighted by molar-refractivity contribution is 7.16. The predicted octanol–water partition coefficient (Wildman–Crippen LogP) is 2.70. The molecule has 0 aliphatic carbocycles. The number of ether oxygens (including phenoxy) is 1. The Bertz CT molecular complexity index is 533. The van der Waals surface area contributed by atoms with Gasteiger partial charge in [0.15, 0.2) is 0 Å². The van der Waals surface area contributed by atoms with Crippen LogP contribution >= 0.6 is 11.3 Å². The number of amides is 1. The molecular weight excluding hydrogens is 288 g/mol. The van der Waals surface area contributed by atoms with E-state index in [1.807, 2.05) is 13.8 Å². The van der Waals surface area contributed by atoms with E-state index in [2.05, 4.69) is 10.6 Å². The molecule has 21 heavy (non-hydrogen) atoms. The standard InChI is InChI=1S/C15H22N2O3S/c1-4-20-13(18)11-9-10(2)21-12(11)17-14(19)15(3)7-5-6-8-16-15/h9,16H,4-8H2,1-3H3,(H,17,19). The lowest BCUT2D eigenvalue weighted by Gasteiger charge is -2.33. The second kappa shape index (κ2) is 6.58. The summed E-state index contributed by atoms with van der Waals surface area (Å²) in [6, 6.07) is 1.76. The Morgan fingerprint density at radius 1 is 1.48 bits per heavy atom. The third kappa shape index (κ3) is 3.63. The average molecular weight is 310 g/mol. The molecule has 0 bridgehead atoms. The Hall–Kier alpha value is -1.40. The lowest BCUT2D eigenvalue weighted by Crippen LogP contribution is -2.54. The summed E-state index contributed by atoms with van der Waals surface area (Å²) in [5, 5.41) is 6.74. The maximum Gasteiger partial charge on any atom is 0.341 e. The molecule has 6 heteroatoms. The van der Waals surface area contributed by atoms with E-state index in [0.29, 0.717) is 17.2 Å². The highest BCUT2D eigenvalue weighted by Crippen LogP contribution is 2.30. The van der Waals surface area contributed by atoms with E-state index in [0.717, 1.165) is 30.7 Å². The summed E-state index contributed by atoms with van der Waals surface area (Å²) in [7, 11) is 0. The fourth-order valence-electron chi connectivity index (χ4n) is 2.46. The topological polar surface area (TPSA) is 67.4 Å². The molecule has 1 atom stereocenters. The van der Waals surface area contributed by atoms with E-state index in [1.54, 1.807) is 13.0 Å². The molecule has 1 fully saturated rings. The second-order valence-corrected chi connectivity index (χ2v) is 6.75. The van der Waals surface area contributed by atoms with Gasteiger partial charge in [0.2, 0.25) is 5.91 Å². The van der Waals surface area contributed by atoms with Crippen LogP contribution in [0.4, 0.5) is 5.00 Å². The van der Waals surface area contributed by atoms with Gasteiger partial charge in [0.05, 0.1) is 17.7 Å². The number of rotatable bonds is 4. The maximum absolute atomic E-state index is 12.5. The van der Waals surface area contributed by atoms with Crippen LogP contribution in [0.15, 0.2) is 6.07 Å². The first-order valence-electron chi connectivity index (χ1n) is 7.30. The van der Waals surface area contributed by atoms with Gasteiger partial charge in [-0.2, -0.15) is 0 Å². The van der Waals surface area contributed by atoms with Gasteiger partial charge in [0, 0.05) is 4.88 Å². The molecule has 0 aromatic carbocycles. The van der Waals surface area contributed by atoms with Crippen LogP contribution in [0.1, 0.15) is 48.3 Å². The lowest BCUT2D eigenvalue weighted by atomic mass is 9.90. The zero-order chi connectivity index (χ0) is 15.5. The molecule has 5 nitrogen and oxygen atoms in total. The SMILES string of the molecule is CCOC(=O)c1cc(C)sc1NC(=O)C1(C)CCCCN1. The van der Waals surface area contributed by atoms with Gasteiger partial charge in [-0.3, -0.25) is 4.79 Å². The number of anilines is 1. The Morgan fingerprint density at radius 3 is 2.86 bits per heavy atom. The fourth-order valence-corrected chi connectivity index (χ4v) is 3.35. The van der Waals surface area contributed by atoms with Gasteiger partial charge in [-0.1, -0.05) is 0 Å². The summed E-state index contributed by atoms with van der Waals surface area (Å²) in [5.41, 5.74) is -0.130. The summed E-state index contributed by atoms with van der Waals surface area (Å²) < 4.78 is 5.03. The molecule has 116 valence electrons. The van der Waals surface area contributed by atoms with E-state index in [1.165, 1.54) is 11.3 Å². The Balaban J connectivity index is 2.15. The van der Waals surface area contributed by atoms with Crippen molar-refractivity contribution in [2.45, 2.75) is 45.6 Å². The maximum atomic E-state index is 12.5. The molecule has 1 aliphatic heterocycles. The fraction of sp³-hybridized carbons (Fsp3) is 0.600. The number of aryl methyl sites for hydroxylation is 1. The van der Waals surface area contributed by atoms with E-state index in [4.69, 9.17) is 4.74 Å². The normalized spacial score (nSPS) is 21.9. The van der Waals surface area contributed by atoms with E-state index < -0.39 is 5.54 Å². The Labute approximate surface area is 129 Å². The van der Waals surface area contributed by atoms with Crippen LogP contribution in [-0.4, -0.2) is 30.6 Å². The van der Waals surface area contributed by atoms with Crippen LogP contribution in [0, 0.1) is 6.92 Å². The van der Waals surface area contributed by atoms with Crippen molar-refractivity contribution in [2.24, 2.45) is 0 Å². The van der Waals surface area contributed by atoms with Gasteiger partial charge in [-0.25, -0.2) is 4.79 Å². The Morgan fingerprint density at radius 2 is 2.24 bits per heavy atom. The van der Waals surface area contributed by atoms with Crippen LogP contribution in [0.2, 0.25) is 0 Å². The molecule has 1 saturated heterocycles. The summed E-state index contributed by atoms with van der Waals surface area (Å²) in [4.78, 5) is 25.4. The highest BCUT2D eigenvalue weighted by atomic mass is 32.1. The molecule has 1 amide bonds. The van der Waals surface area contributed by atoms with Crippen molar-refractivity contribution >= 4 is 28.2 Å². The van der Waals surface area contributed by atoms with Gasteiger partial charge in [0.1, 0.15) is 5.00 Å². The second-order valence-electron chi connectivity index (χ2n) is 5.49. The third-order valence-corrected chi connectivity index (χ3v) is 4.66. The largest absolute Gasteiger partial charge is 0.462 e. The number of carbonyl (C=O) groups is 2. The van der Waals surface area contributed by atoms with E-state index in [-0.39, 0.29) is 11.9 Å². The van der Waals surface area contributed by atoms with Crippen molar-refractivity contribution in [2.75, 3.05) is 18.5 Å². The van der Waals surface area contributed by atoms with Crippen molar-refractivity contribution in [3.8, 4) is 0 Å². The number of nitrogens with one attached hydrogen (secondary N) is 2.